The number of aryl methyl sites for hydroxylation is 1. The molecule has 20 heavy (non-hydrogen) atoms. The molecular weight excluding hydrogens is 296 g/mol. The molecular formula is C14H23ClN2O2S. The maximum absolute atomic E-state index is 12.3. The van der Waals surface area contributed by atoms with Crippen molar-refractivity contribution in [2.45, 2.75) is 43.5 Å². The standard InChI is InChI=1S/C14H22N2O2S.ClH/c1-11-6-8-13(9-7-11)19(17,18)16-14(10-15)12-4-2-3-5-12;/h6-9,12,14,16H,2-5,10,15H2,1H3;1H. The highest BCUT2D eigenvalue weighted by molar-refractivity contribution is 7.89. The van der Waals surface area contributed by atoms with E-state index in [4.69, 9.17) is 5.73 Å². The lowest BCUT2D eigenvalue weighted by Crippen LogP contribution is -2.44. The largest absolute Gasteiger partial charge is 0.329 e. The molecule has 0 aromatic heterocycles. The number of hydrogen-bond acceptors (Lipinski definition) is 3. The Hall–Kier alpha value is -0.620. The molecule has 1 unspecified atom stereocenters. The van der Waals surface area contributed by atoms with Gasteiger partial charge in [0.05, 0.1) is 4.90 Å². The summed E-state index contributed by atoms with van der Waals surface area (Å²) in [6.45, 7) is 2.29. The van der Waals surface area contributed by atoms with Gasteiger partial charge in [0.1, 0.15) is 0 Å². The number of rotatable bonds is 5. The second kappa shape index (κ2) is 7.41. The van der Waals surface area contributed by atoms with Crippen molar-refractivity contribution in [3.63, 3.8) is 0 Å². The van der Waals surface area contributed by atoms with Gasteiger partial charge in [0, 0.05) is 12.6 Å². The fourth-order valence-corrected chi connectivity index (χ4v) is 4.00. The van der Waals surface area contributed by atoms with Gasteiger partial charge in [-0.3, -0.25) is 0 Å². The summed E-state index contributed by atoms with van der Waals surface area (Å²) in [5, 5.41) is 0. The van der Waals surface area contributed by atoms with Gasteiger partial charge in [0.15, 0.2) is 0 Å². The molecule has 1 fully saturated rings. The van der Waals surface area contributed by atoms with Crippen LogP contribution in [0.25, 0.3) is 0 Å². The normalized spacial score (nSPS) is 17.7. The van der Waals surface area contributed by atoms with Crippen molar-refractivity contribution in [2.24, 2.45) is 11.7 Å². The Morgan fingerprint density at radius 2 is 1.80 bits per heavy atom. The molecule has 0 amide bonds. The number of halogens is 1. The number of hydrogen-bond donors (Lipinski definition) is 2. The molecule has 0 radical (unpaired) electrons. The third-order valence-corrected chi connectivity index (χ3v) is 5.37. The number of nitrogens with two attached hydrogens (primary N) is 1. The van der Waals surface area contributed by atoms with Gasteiger partial charge >= 0.3 is 0 Å². The van der Waals surface area contributed by atoms with Gasteiger partial charge in [-0.1, -0.05) is 30.5 Å². The zero-order valence-corrected chi connectivity index (χ0v) is 13.3. The lowest BCUT2D eigenvalue weighted by atomic mass is 9.99. The first kappa shape index (κ1) is 17.4. The van der Waals surface area contributed by atoms with Crippen LogP contribution in [0.15, 0.2) is 29.2 Å². The van der Waals surface area contributed by atoms with Crippen LogP contribution in [-0.4, -0.2) is 21.0 Å². The molecule has 1 aliphatic carbocycles. The molecule has 1 aromatic carbocycles. The summed E-state index contributed by atoms with van der Waals surface area (Å²) in [7, 11) is -3.46. The Balaban J connectivity index is 0.00000200. The Morgan fingerprint density at radius 1 is 1.25 bits per heavy atom. The summed E-state index contributed by atoms with van der Waals surface area (Å²) < 4.78 is 27.4. The van der Waals surface area contributed by atoms with Crippen LogP contribution in [0.2, 0.25) is 0 Å². The molecule has 6 heteroatoms. The minimum atomic E-state index is -3.46. The van der Waals surface area contributed by atoms with Crippen LogP contribution in [-0.2, 0) is 10.0 Å². The van der Waals surface area contributed by atoms with E-state index in [1.165, 1.54) is 12.8 Å². The molecule has 1 atom stereocenters. The summed E-state index contributed by atoms with van der Waals surface area (Å²) in [4.78, 5) is 0.314. The summed E-state index contributed by atoms with van der Waals surface area (Å²) in [6.07, 6.45) is 4.48. The Bertz CT molecular complexity index is 510. The van der Waals surface area contributed by atoms with E-state index in [1.54, 1.807) is 12.1 Å². The maximum atomic E-state index is 12.3. The van der Waals surface area contributed by atoms with Gasteiger partial charge in [-0.05, 0) is 37.8 Å². The first-order valence-corrected chi connectivity index (χ1v) is 8.30. The highest BCUT2D eigenvalue weighted by Crippen LogP contribution is 2.28. The van der Waals surface area contributed by atoms with Gasteiger partial charge in [-0.2, -0.15) is 0 Å². The molecule has 0 aliphatic heterocycles. The molecule has 0 heterocycles. The summed E-state index contributed by atoms with van der Waals surface area (Å²) in [6, 6.07) is 6.75. The van der Waals surface area contributed by atoms with E-state index in [0.717, 1.165) is 18.4 Å². The highest BCUT2D eigenvalue weighted by Gasteiger charge is 2.28. The minimum absolute atomic E-state index is 0. The molecule has 114 valence electrons. The van der Waals surface area contributed by atoms with Crippen LogP contribution < -0.4 is 10.5 Å². The highest BCUT2D eigenvalue weighted by atomic mass is 35.5. The zero-order valence-electron chi connectivity index (χ0n) is 11.7. The van der Waals surface area contributed by atoms with Gasteiger partial charge in [0.2, 0.25) is 10.0 Å². The average Bonchev–Trinajstić information content (AvgIpc) is 2.90. The van der Waals surface area contributed by atoms with E-state index in [2.05, 4.69) is 4.72 Å². The van der Waals surface area contributed by atoms with Crippen molar-refractivity contribution >= 4 is 22.4 Å². The Morgan fingerprint density at radius 3 is 2.30 bits per heavy atom. The SMILES string of the molecule is Cc1ccc(S(=O)(=O)NC(CN)C2CCCC2)cc1.Cl. The zero-order chi connectivity index (χ0) is 13.9. The van der Waals surface area contributed by atoms with Gasteiger partial charge in [-0.15, -0.1) is 12.4 Å². The third-order valence-electron chi connectivity index (χ3n) is 3.86. The number of nitrogens with one attached hydrogen (secondary N) is 1. The van der Waals surface area contributed by atoms with Crippen molar-refractivity contribution < 1.29 is 8.42 Å². The molecule has 0 spiro atoms. The Kier molecular flexibility index (Phi) is 6.45. The first-order valence-electron chi connectivity index (χ1n) is 6.82. The predicted octanol–water partition coefficient (Wildman–Crippen LogP) is 2.21. The van der Waals surface area contributed by atoms with Crippen LogP contribution >= 0.6 is 12.4 Å². The first-order chi connectivity index (χ1) is 9.03. The second-order valence-corrected chi connectivity index (χ2v) is 7.04. The molecule has 0 saturated heterocycles. The van der Waals surface area contributed by atoms with E-state index in [1.807, 2.05) is 19.1 Å². The van der Waals surface area contributed by atoms with Gasteiger partial charge < -0.3 is 5.73 Å². The fourth-order valence-electron chi connectivity index (χ4n) is 2.68. The summed E-state index contributed by atoms with van der Waals surface area (Å²) >= 11 is 0. The van der Waals surface area contributed by atoms with Crippen molar-refractivity contribution in [3.8, 4) is 0 Å². The van der Waals surface area contributed by atoms with Crippen LogP contribution in [0.5, 0.6) is 0 Å². The van der Waals surface area contributed by atoms with Crippen LogP contribution in [0.1, 0.15) is 31.2 Å². The molecule has 3 N–H and O–H groups in total. The van der Waals surface area contributed by atoms with E-state index in [9.17, 15) is 8.42 Å². The Labute approximate surface area is 127 Å². The van der Waals surface area contributed by atoms with E-state index >= 15 is 0 Å². The lowest BCUT2D eigenvalue weighted by molar-refractivity contribution is 0.405. The fraction of sp³-hybridized carbons (Fsp3) is 0.571. The van der Waals surface area contributed by atoms with Crippen LogP contribution in [0, 0.1) is 12.8 Å². The molecule has 1 aliphatic rings. The predicted molar refractivity (Wildman–Crippen MR) is 83.5 cm³/mol. The molecule has 2 rings (SSSR count). The lowest BCUT2D eigenvalue weighted by Gasteiger charge is -2.23. The molecule has 4 nitrogen and oxygen atoms in total. The quantitative estimate of drug-likeness (QED) is 0.874. The average molecular weight is 319 g/mol. The molecule has 0 bridgehead atoms. The van der Waals surface area contributed by atoms with Crippen LogP contribution in [0.3, 0.4) is 0 Å². The second-order valence-electron chi connectivity index (χ2n) is 5.32. The van der Waals surface area contributed by atoms with Crippen LogP contribution in [0.4, 0.5) is 0 Å². The van der Waals surface area contributed by atoms with Crippen molar-refractivity contribution in [1.29, 1.82) is 0 Å². The van der Waals surface area contributed by atoms with Crippen molar-refractivity contribution in [1.82, 2.24) is 4.72 Å². The molecule has 1 saturated carbocycles. The van der Waals surface area contributed by atoms with Gasteiger partial charge in [-0.25, -0.2) is 13.1 Å². The topological polar surface area (TPSA) is 72.2 Å². The molecule has 1 aromatic rings. The minimum Gasteiger partial charge on any atom is -0.329 e. The maximum Gasteiger partial charge on any atom is 0.240 e. The number of sulfonamides is 1. The smallest absolute Gasteiger partial charge is 0.240 e. The van der Waals surface area contributed by atoms with Gasteiger partial charge in [0.25, 0.3) is 0 Å². The number of benzene rings is 1. The monoisotopic (exact) mass is 318 g/mol. The van der Waals surface area contributed by atoms with E-state index in [-0.39, 0.29) is 18.4 Å². The van der Waals surface area contributed by atoms with E-state index < -0.39 is 10.0 Å². The van der Waals surface area contributed by atoms with E-state index in [0.29, 0.717) is 17.4 Å². The summed E-state index contributed by atoms with van der Waals surface area (Å²) in [5.74, 6) is 0.380. The third kappa shape index (κ3) is 4.19. The summed E-state index contributed by atoms with van der Waals surface area (Å²) in [5.41, 5.74) is 6.78. The van der Waals surface area contributed by atoms with Crippen molar-refractivity contribution in [3.05, 3.63) is 29.8 Å². The van der Waals surface area contributed by atoms with Crippen molar-refractivity contribution in [2.75, 3.05) is 6.54 Å².